The van der Waals surface area contributed by atoms with Crippen LogP contribution in [0.5, 0.6) is 0 Å². The minimum atomic E-state index is -3.26. The van der Waals surface area contributed by atoms with Crippen molar-refractivity contribution in [1.29, 1.82) is 0 Å². The molecule has 0 radical (unpaired) electrons. The predicted octanol–water partition coefficient (Wildman–Crippen LogP) is 4.44. The lowest BCUT2D eigenvalue weighted by Gasteiger charge is -2.09. The summed E-state index contributed by atoms with van der Waals surface area (Å²) in [5.74, 6) is -1.45. The smallest absolute Gasteiger partial charge is 0.251 e. The average molecular weight is 469 g/mol. The van der Waals surface area contributed by atoms with Crippen LogP contribution in [-0.2, 0) is 28.7 Å². The first kappa shape index (κ1) is 22.7. The molecule has 4 aromatic rings. The van der Waals surface area contributed by atoms with Crippen LogP contribution in [0.15, 0.2) is 72.9 Å². The Bertz CT molecular complexity index is 1450. The third-order valence-corrected chi connectivity index (χ3v) is 6.12. The lowest BCUT2D eigenvalue weighted by molar-refractivity contribution is 0.0950. The van der Waals surface area contributed by atoms with Crippen LogP contribution in [-0.4, -0.2) is 25.1 Å². The summed E-state index contributed by atoms with van der Waals surface area (Å²) in [4.78, 5) is 12.6. The van der Waals surface area contributed by atoms with Crippen molar-refractivity contribution in [3.8, 4) is 0 Å². The van der Waals surface area contributed by atoms with Crippen molar-refractivity contribution < 1.29 is 22.0 Å². The van der Waals surface area contributed by atoms with E-state index in [9.17, 15) is 22.0 Å². The maximum absolute atomic E-state index is 14.3. The Morgan fingerprint density at radius 3 is 2.52 bits per heavy atom. The second-order valence-electron chi connectivity index (χ2n) is 8.03. The molecule has 8 heteroatoms. The molecule has 33 heavy (non-hydrogen) atoms. The van der Waals surface area contributed by atoms with Gasteiger partial charge in [-0.2, -0.15) is 0 Å². The molecule has 0 unspecified atom stereocenters. The predicted molar refractivity (Wildman–Crippen MR) is 124 cm³/mol. The van der Waals surface area contributed by atoms with Crippen molar-refractivity contribution in [3.05, 3.63) is 107 Å². The van der Waals surface area contributed by atoms with Crippen LogP contribution in [0.25, 0.3) is 10.9 Å². The van der Waals surface area contributed by atoms with Gasteiger partial charge in [-0.3, -0.25) is 4.79 Å². The van der Waals surface area contributed by atoms with Crippen LogP contribution < -0.4 is 5.32 Å². The van der Waals surface area contributed by atoms with Gasteiger partial charge in [0.25, 0.3) is 5.91 Å². The van der Waals surface area contributed by atoms with Crippen LogP contribution in [0.1, 0.15) is 27.0 Å². The van der Waals surface area contributed by atoms with Gasteiger partial charge in [0.2, 0.25) is 0 Å². The maximum atomic E-state index is 14.3. The Balaban J connectivity index is 1.44. The molecule has 0 spiro atoms. The van der Waals surface area contributed by atoms with Crippen molar-refractivity contribution in [1.82, 2.24) is 9.88 Å². The number of carbonyl (C=O) groups excluding carboxylic acids is 1. The summed E-state index contributed by atoms with van der Waals surface area (Å²) in [6.45, 7) is 0.476. The molecule has 0 aliphatic carbocycles. The van der Waals surface area contributed by atoms with E-state index in [1.165, 1.54) is 24.3 Å². The van der Waals surface area contributed by atoms with Crippen molar-refractivity contribution >= 4 is 26.6 Å². The van der Waals surface area contributed by atoms with Gasteiger partial charge in [-0.25, -0.2) is 17.2 Å². The van der Waals surface area contributed by atoms with E-state index >= 15 is 0 Å². The minimum absolute atomic E-state index is 0.0254. The fourth-order valence-corrected chi connectivity index (χ4v) is 4.50. The largest absolute Gasteiger partial charge is 0.348 e. The number of fused-ring (bicyclic) bond motifs is 1. The zero-order valence-electron chi connectivity index (χ0n) is 17.9. The zero-order valence-corrected chi connectivity index (χ0v) is 18.7. The number of hydrogen-bond donors (Lipinski definition) is 1. The Morgan fingerprint density at radius 2 is 1.79 bits per heavy atom. The molecule has 5 nitrogen and oxygen atoms in total. The van der Waals surface area contributed by atoms with Crippen LogP contribution in [0.3, 0.4) is 0 Å². The zero-order chi connectivity index (χ0) is 23.6. The average Bonchev–Trinajstić information content (AvgIpc) is 3.14. The number of aromatic nitrogens is 1. The number of sulfone groups is 1. The van der Waals surface area contributed by atoms with E-state index in [2.05, 4.69) is 5.32 Å². The third-order valence-electron chi connectivity index (χ3n) is 5.26. The first-order valence-electron chi connectivity index (χ1n) is 10.2. The van der Waals surface area contributed by atoms with E-state index in [0.29, 0.717) is 17.7 Å². The molecule has 1 N–H and O–H groups in total. The van der Waals surface area contributed by atoms with E-state index in [1.807, 2.05) is 29.0 Å². The van der Waals surface area contributed by atoms with E-state index in [0.717, 1.165) is 22.7 Å². The molecule has 0 atom stereocenters. The fraction of sp³-hybridized carbons (Fsp3) is 0.160. The normalized spacial score (nSPS) is 11.6. The van der Waals surface area contributed by atoms with E-state index in [-0.39, 0.29) is 29.6 Å². The quantitative estimate of drug-likeness (QED) is 0.436. The molecule has 1 aromatic heterocycles. The highest BCUT2D eigenvalue weighted by molar-refractivity contribution is 7.89. The van der Waals surface area contributed by atoms with Crippen molar-refractivity contribution in [2.24, 2.45) is 0 Å². The lowest BCUT2D eigenvalue weighted by atomic mass is 10.1. The number of hydrogen-bond acceptors (Lipinski definition) is 3. The van der Waals surface area contributed by atoms with Gasteiger partial charge in [0, 0.05) is 47.6 Å². The number of carbonyl (C=O) groups is 1. The molecule has 170 valence electrons. The van der Waals surface area contributed by atoms with Gasteiger partial charge in [0.15, 0.2) is 9.84 Å². The molecule has 0 saturated heterocycles. The maximum Gasteiger partial charge on any atom is 0.251 e. The number of rotatable bonds is 7. The van der Waals surface area contributed by atoms with Gasteiger partial charge in [0.05, 0.1) is 5.75 Å². The van der Waals surface area contributed by atoms with Crippen LogP contribution in [0, 0.1) is 11.6 Å². The Labute approximate surface area is 190 Å². The summed E-state index contributed by atoms with van der Waals surface area (Å²) in [5, 5.41) is 3.55. The second kappa shape index (κ2) is 9.15. The molecule has 0 aliphatic rings. The summed E-state index contributed by atoms with van der Waals surface area (Å²) in [6.07, 6.45) is 2.97. The van der Waals surface area contributed by atoms with Gasteiger partial charge in [-0.05, 0) is 53.6 Å². The summed E-state index contributed by atoms with van der Waals surface area (Å²) in [6, 6.07) is 17.7. The van der Waals surface area contributed by atoms with Gasteiger partial charge in [-0.1, -0.05) is 24.3 Å². The van der Waals surface area contributed by atoms with Crippen molar-refractivity contribution in [2.75, 3.05) is 6.26 Å². The molecule has 0 fully saturated rings. The summed E-state index contributed by atoms with van der Waals surface area (Å²) in [7, 11) is -3.26. The summed E-state index contributed by atoms with van der Waals surface area (Å²) in [5.41, 5.74) is 2.79. The third kappa shape index (κ3) is 5.64. The number of nitrogens with zero attached hydrogens (tertiary/aromatic N) is 1. The summed E-state index contributed by atoms with van der Waals surface area (Å²) >= 11 is 0. The fourth-order valence-electron chi connectivity index (χ4n) is 3.72. The summed E-state index contributed by atoms with van der Waals surface area (Å²) < 4.78 is 52.5. The van der Waals surface area contributed by atoms with Crippen LogP contribution in [0.4, 0.5) is 8.78 Å². The molecule has 0 saturated carbocycles. The minimum Gasteiger partial charge on any atom is -0.348 e. The van der Waals surface area contributed by atoms with Gasteiger partial charge < -0.3 is 9.88 Å². The Kier molecular flexibility index (Phi) is 6.29. The van der Waals surface area contributed by atoms with E-state index in [4.69, 9.17) is 0 Å². The van der Waals surface area contributed by atoms with E-state index < -0.39 is 15.7 Å². The molecule has 4 rings (SSSR count). The highest BCUT2D eigenvalue weighted by atomic mass is 32.2. The SMILES string of the molecule is CS(=O)(=O)Cc1ccc(CNC(=O)c2ccc3c(ccn3Cc3cccc(F)c3)c2)c(F)c1. The molecular formula is C25H22F2N2O3S. The Morgan fingerprint density at radius 1 is 0.970 bits per heavy atom. The molecule has 3 aromatic carbocycles. The second-order valence-corrected chi connectivity index (χ2v) is 10.2. The van der Waals surface area contributed by atoms with E-state index in [1.54, 1.807) is 24.3 Å². The number of halogens is 2. The number of benzene rings is 3. The van der Waals surface area contributed by atoms with Gasteiger partial charge in [-0.15, -0.1) is 0 Å². The van der Waals surface area contributed by atoms with Gasteiger partial charge >= 0.3 is 0 Å². The molecule has 0 bridgehead atoms. The van der Waals surface area contributed by atoms with Crippen molar-refractivity contribution in [3.63, 3.8) is 0 Å². The molecule has 0 aliphatic heterocycles. The number of nitrogens with one attached hydrogen (secondary N) is 1. The molecule has 1 amide bonds. The highest BCUT2D eigenvalue weighted by Crippen LogP contribution is 2.20. The van der Waals surface area contributed by atoms with Crippen molar-refractivity contribution in [2.45, 2.75) is 18.8 Å². The Hall–Kier alpha value is -3.52. The first-order chi connectivity index (χ1) is 15.7. The number of amides is 1. The highest BCUT2D eigenvalue weighted by Gasteiger charge is 2.12. The topological polar surface area (TPSA) is 68.2 Å². The van der Waals surface area contributed by atoms with Crippen LogP contribution in [0.2, 0.25) is 0 Å². The lowest BCUT2D eigenvalue weighted by Crippen LogP contribution is -2.23. The van der Waals surface area contributed by atoms with Gasteiger partial charge in [0.1, 0.15) is 11.6 Å². The standard InChI is InChI=1S/C25H22F2N2O3S/c1-33(31,32)16-18-5-6-21(23(27)12-18)14-28-25(30)20-7-8-24-19(13-20)9-10-29(24)15-17-3-2-4-22(26)11-17/h2-13H,14-16H2,1H3,(H,28,30). The molecule has 1 heterocycles. The van der Waals surface area contributed by atoms with Crippen LogP contribution >= 0.6 is 0 Å². The first-order valence-corrected chi connectivity index (χ1v) is 12.3. The monoisotopic (exact) mass is 468 g/mol. The molecular weight excluding hydrogens is 446 g/mol.